The average Bonchev–Trinajstić information content (AvgIpc) is 2.61. The van der Waals surface area contributed by atoms with Crippen LogP contribution >= 0.6 is 0 Å². The molecule has 5 aliphatic rings. The second-order valence-corrected chi connectivity index (χ2v) is 9.36. The van der Waals surface area contributed by atoms with Gasteiger partial charge in [-0.15, -0.1) is 0 Å². The number of carbonyl (C=O) groups excluding carboxylic acids is 1. The van der Waals surface area contributed by atoms with Gasteiger partial charge in [-0.1, -0.05) is 0 Å². The van der Waals surface area contributed by atoms with Gasteiger partial charge in [0, 0.05) is 25.4 Å². The van der Waals surface area contributed by atoms with E-state index >= 15 is 0 Å². The maximum atomic E-state index is 13.1. The first-order valence-corrected chi connectivity index (χ1v) is 10.4. The Labute approximate surface area is 155 Å². The number of aromatic nitrogens is 2. The summed E-state index contributed by atoms with van der Waals surface area (Å²) in [6.07, 6.45) is 16.0. The lowest BCUT2D eigenvalue weighted by Crippen LogP contribution is -2.50. The van der Waals surface area contributed by atoms with Gasteiger partial charge >= 0.3 is 0 Å². The zero-order valence-electron chi connectivity index (χ0n) is 15.5. The zero-order valence-corrected chi connectivity index (χ0v) is 15.5. The number of amides is 1. The van der Waals surface area contributed by atoms with Gasteiger partial charge in [0.1, 0.15) is 6.10 Å². The Morgan fingerprint density at radius 3 is 2.54 bits per heavy atom. The van der Waals surface area contributed by atoms with E-state index in [2.05, 4.69) is 14.9 Å². The van der Waals surface area contributed by atoms with E-state index in [9.17, 15) is 4.79 Å². The molecule has 1 amide bonds. The van der Waals surface area contributed by atoms with Gasteiger partial charge in [0.05, 0.1) is 12.7 Å². The standard InChI is InChI=1S/C21H29N3O2/c25-20(12-21-9-15-6-16(10-21)8-17(7-15)11-21)24-5-1-2-18(14-24)26-19-13-22-3-4-23-19/h3-4,13,15-18H,1-2,5-12,14H2. The van der Waals surface area contributed by atoms with Crippen LogP contribution < -0.4 is 4.74 Å². The zero-order chi connectivity index (χ0) is 17.6. The molecule has 2 heterocycles. The highest BCUT2D eigenvalue weighted by Crippen LogP contribution is 2.61. The number of carbonyl (C=O) groups is 1. The van der Waals surface area contributed by atoms with Gasteiger partial charge in [-0.2, -0.15) is 0 Å². The summed E-state index contributed by atoms with van der Waals surface area (Å²) in [7, 11) is 0. The fourth-order valence-electron chi connectivity index (χ4n) is 6.72. The summed E-state index contributed by atoms with van der Waals surface area (Å²) in [5.74, 6) is 3.64. The molecule has 140 valence electrons. The van der Waals surface area contributed by atoms with E-state index in [1.54, 1.807) is 18.6 Å². The third kappa shape index (κ3) is 3.21. The second-order valence-electron chi connectivity index (χ2n) is 9.36. The predicted molar refractivity (Wildman–Crippen MR) is 97.5 cm³/mol. The fourth-order valence-corrected chi connectivity index (χ4v) is 6.72. The topological polar surface area (TPSA) is 55.3 Å². The Bertz CT molecular complexity index is 627. The number of rotatable bonds is 4. The molecule has 5 fully saturated rings. The van der Waals surface area contributed by atoms with Crippen LogP contribution in [-0.4, -0.2) is 40.0 Å². The number of hydrogen-bond acceptors (Lipinski definition) is 4. The molecule has 4 saturated carbocycles. The van der Waals surface area contributed by atoms with Crippen molar-refractivity contribution in [2.24, 2.45) is 23.2 Å². The molecule has 4 bridgehead atoms. The SMILES string of the molecule is O=C(CC12CC3CC(CC(C3)C1)C2)N1CCCC(Oc2cnccn2)C1. The summed E-state index contributed by atoms with van der Waals surface area (Å²) >= 11 is 0. The minimum atomic E-state index is 0.0424. The van der Waals surface area contributed by atoms with Gasteiger partial charge in [0.2, 0.25) is 11.8 Å². The molecule has 4 aliphatic carbocycles. The molecule has 1 aliphatic heterocycles. The van der Waals surface area contributed by atoms with Crippen LogP contribution in [0.15, 0.2) is 18.6 Å². The van der Waals surface area contributed by atoms with E-state index < -0.39 is 0 Å². The van der Waals surface area contributed by atoms with Crippen molar-refractivity contribution >= 4 is 5.91 Å². The van der Waals surface area contributed by atoms with Crippen LogP contribution in [0.5, 0.6) is 5.88 Å². The van der Waals surface area contributed by atoms with Crippen molar-refractivity contribution in [3.63, 3.8) is 0 Å². The number of hydrogen-bond donors (Lipinski definition) is 0. The Kier molecular flexibility index (Phi) is 4.13. The Balaban J connectivity index is 1.22. The van der Waals surface area contributed by atoms with Crippen LogP contribution in [0.4, 0.5) is 0 Å². The number of nitrogens with zero attached hydrogens (tertiary/aromatic N) is 3. The van der Waals surface area contributed by atoms with Crippen LogP contribution in [0, 0.1) is 23.2 Å². The number of piperidine rings is 1. The second kappa shape index (κ2) is 6.50. The lowest BCUT2D eigenvalue weighted by atomic mass is 9.49. The van der Waals surface area contributed by atoms with Gasteiger partial charge in [-0.3, -0.25) is 9.78 Å². The monoisotopic (exact) mass is 355 g/mol. The van der Waals surface area contributed by atoms with E-state index in [1.807, 2.05) is 0 Å². The van der Waals surface area contributed by atoms with Crippen LogP contribution in [0.25, 0.3) is 0 Å². The van der Waals surface area contributed by atoms with Crippen molar-refractivity contribution in [1.82, 2.24) is 14.9 Å². The molecule has 1 aromatic heterocycles. The third-order valence-electron chi connectivity index (χ3n) is 7.25. The molecule has 0 N–H and O–H groups in total. The van der Waals surface area contributed by atoms with Crippen molar-refractivity contribution < 1.29 is 9.53 Å². The molecule has 5 nitrogen and oxygen atoms in total. The highest BCUT2D eigenvalue weighted by Gasteiger charge is 2.51. The maximum absolute atomic E-state index is 13.1. The van der Waals surface area contributed by atoms with Crippen molar-refractivity contribution in [3.8, 4) is 5.88 Å². The molecule has 1 saturated heterocycles. The molecule has 1 atom stereocenters. The van der Waals surface area contributed by atoms with Crippen molar-refractivity contribution in [2.45, 2.75) is 63.9 Å². The molecule has 0 aromatic carbocycles. The van der Waals surface area contributed by atoms with Gasteiger partial charge < -0.3 is 9.64 Å². The molecular formula is C21H29N3O2. The normalized spacial score (nSPS) is 38.4. The highest BCUT2D eigenvalue weighted by atomic mass is 16.5. The Hall–Kier alpha value is -1.65. The summed E-state index contributed by atoms with van der Waals surface area (Å²) in [6, 6.07) is 0. The molecule has 0 spiro atoms. The average molecular weight is 355 g/mol. The van der Waals surface area contributed by atoms with E-state index in [0.717, 1.165) is 43.6 Å². The van der Waals surface area contributed by atoms with Crippen LogP contribution in [0.1, 0.15) is 57.8 Å². The first-order chi connectivity index (χ1) is 12.7. The lowest BCUT2D eigenvalue weighted by Gasteiger charge is -2.57. The quantitative estimate of drug-likeness (QED) is 0.830. The molecule has 5 heteroatoms. The minimum absolute atomic E-state index is 0.0424. The molecule has 1 unspecified atom stereocenters. The fraction of sp³-hybridized carbons (Fsp3) is 0.762. The van der Waals surface area contributed by atoms with Crippen molar-refractivity contribution in [3.05, 3.63) is 18.6 Å². The Morgan fingerprint density at radius 2 is 1.88 bits per heavy atom. The summed E-state index contributed by atoms with van der Waals surface area (Å²) in [6.45, 7) is 1.58. The number of likely N-dealkylation sites (tertiary alicyclic amines) is 1. The maximum Gasteiger partial charge on any atom is 0.232 e. The van der Waals surface area contributed by atoms with Gasteiger partial charge in [-0.25, -0.2) is 4.98 Å². The highest BCUT2D eigenvalue weighted by molar-refractivity contribution is 5.77. The van der Waals surface area contributed by atoms with Crippen LogP contribution in [0.2, 0.25) is 0 Å². The van der Waals surface area contributed by atoms with Crippen molar-refractivity contribution in [1.29, 1.82) is 0 Å². The van der Waals surface area contributed by atoms with Crippen molar-refractivity contribution in [2.75, 3.05) is 13.1 Å². The first-order valence-electron chi connectivity index (χ1n) is 10.4. The Morgan fingerprint density at radius 1 is 1.15 bits per heavy atom. The van der Waals surface area contributed by atoms with Crippen LogP contribution in [0.3, 0.4) is 0 Å². The van der Waals surface area contributed by atoms with E-state index in [0.29, 0.717) is 23.7 Å². The van der Waals surface area contributed by atoms with E-state index in [4.69, 9.17) is 4.74 Å². The van der Waals surface area contributed by atoms with Gasteiger partial charge in [-0.05, 0) is 74.5 Å². The van der Waals surface area contributed by atoms with E-state index in [1.165, 1.54) is 38.5 Å². The minimum Gasteiger partial charge on any atom is -0.471 e. The summed E-state index contributed by atoms with van der Waals surface area (Å²) < 4.78 is 5.96. The van der Waals surface area contributed by atoms with Gasteiger partial charge in [0.15, 0.2) is 0 Å². The third-order valence-corrected chi connectivity index (χ3v) is 7.25. The molecule has 6 rings (SSSR count). The number of ether oxygens (including phenoxy) is 1. The summed E-state index contributed by atoms with van der Waals surface area (Å²) in [5, 5.41) is 0. The van der Waals surface area contributed by atoms with E-state index in [-0.39, 0.29) is 6.10 Å². The molecular weight excluding hydrogens is 326 g/mol. The summed E-state index contributed by atoms with van der Waals surface area (Å²) in [4.78, 5) is 23.4. The van der Waals surface area contributed by atoms with Gasteiger partial charge in [0.25, 0.3) is 0 Å². The largest absolute Gasteiger partial charge is 0.471 e. The molecule has 1 aromatic rings. The smallest absolute Gasteiger partial charge is 0.232 e. The first kappa shape index (κ1) is 16.5. The molecule has 26 heavy (non-hydrogen) atoms. The lowest BCUT2D eigenvalue weighted by molar-refractivity contribution is -0.142. The van der Waals surface area contributed by atoms with Crippen LogP contribution in [-0.2, 0) is 4.79 Å². The molecule has 0 radical (unpaired) electrons. The predicted octanol–water partition coefficient (Wildman–Crippen LogP) is 3.45. The summed E-state index contributed by atoms with van der Waals surface area (Å²) in [5.41, 5.74) is 0.324.